The van der Waals surface area contributed by atoms with Gasteiger partial charge in [-0.25, -0.2) is 9.37 Å². The molecule has 1 aromatic rings. The lowest BCUT2D eigenvalue weighted by molar-refractivity contribution is 0.318. The van der Waals surface area contributed by atoms with Crippen molar-refractivity contribution >= 4 is 11.8 Å². The highest BCUT2D eigenvalue weighted by atomic mass is 19.1. The molecule has 0 saturated carbocycles. The summed E-state index contributed by atoms with van der Waals surface area (Å²) in [6.07, 6.45) is 4.74. The van der Waals surface area contributed by atoms with Crippen molar-refractivity contribution in [3.8, 4) is 0 Å². The minimum absolute atomic E-state index is 0.307. The van der Waals surface area contributed by atoms with Crippen molar-refractivity contribution in [1.82, 2.24) is 14.9 Å². The first-order chi connectivity index (χ1) is 9.28. The van der Waals surface area contributed by atoms with Crippen LogP contribution < -0.4 is 10.6 Å². The first-order valence-corrected chi connectivity index (χ1v) is 7.05. The van der Waals surface area contributed by atoms with Gasteiger partial charge >= 0.3 is 0 Å². The number of nitrogens with zero attached hydrogens (tertiary/aromatic N) is 3. The smallest absolute Gasteiger partial charge is 0.224 e. The molecule has 19 heavy (non-hydrogen) atoms. The van der Waals surface area contributed by atoms with Crippen LogP contribution in [-0.4, -0.2) is 46.6 Å². The molecule has 2 atom stereocenters. The molecule has 2 unspecified atom stereocenters. The second-order valence-electron chi connectivity index (χ2n) is 5.21. The molecular formula is C13H20FN5. The summed E-state index contributed by atoms with van der Waals surface area (Å²) in [7, 11) is 0. The first-order valence-electron chi connectivity index (χ1n) is 7.05. The number of aromatic nitrogens is 2. The maximum atomic E-state index is 13.8. The fourth-order valence-corrected chi connectivity index (χ4v) is 3.14. The molecule has 0 aliphatic carbocycles. The molecule has 104 valence electrons. The molecule has 6 heteroatoms. The second-order valence-corrected chi connectivity index (χ2v) is 5.21. The Labute approximate surface area is 112 Å². The van der Waals surface area contributed by atoms with Gasteiger partial charge in [-0.15, -0.1) is 0 Å². The van der Waals surface area contributed by atoms with E-state index in [-0.39, 0.29) is 5.82 Å². The summed E-state index contributed by atoms with van der Waals surface area (Å²) >= 11 is 0. The van der Waals surface area contributed by atoms with E-state index in [9.17, 15) is 4.39 Å². The van der Waals surface area contributed by atoms with Gasteiger partial charge in [0, 0.05) is 25.2 Å². The number of hydrogen-bond acceptors (Lipinski definition) is 5. The highest BCUT2D eigenvalue weighted by Crippen LogP contribution is 2.30. The largest absolute Gasteiger partial charge is 0.363 e. The summed E-state index contributed by atoms with van der Waals surface area (Å²) in [6, 6.07) is 0.846. The van der Waals surface area contributed by atoms with Crippen molar-refractivity contribution in [2.24, 2.45) is 0 Å². The number of rotatable bonds is 4. The molecule has 0 amide bonds. The Bertz CT molecular complexity index is 453. The van der Waals surface area contributed by atoms with Crippen LogP contribution >= 0.6 is 0 Å². The maximum absolute atomic E-state index is 13.8. The lowest BCUT2D eigenvalue weighted by Gasteiger charge is -2.22. The topological polar surface area (TPSA) is 53.1 Å². The van der Waals surface area contributed by atoms with Crippen LogP contribution in [0.2, 0.25) is 0 Å². The molecule has 0 radical (unpaired) electrons. The Morgan fingerprint density at radius 3 is 3.16 bits per heavy atom. The van der Waals surface area contributed by atoms with Crippen LogP contribution in [0.5, 0.6) is 0 Å². The molecule has 3 heterocycles. The van der Waals surface area contributed by atoms with Gasteiger partial charge in [0.05, 0.1) is 6.20 Å². The molecule has 0 bridgehead atoms. The van der Waals surface area contributed by atoms with Crippen molar-refractivity contribution in [1.29, 1.82) is 0 Å². The third-order valence-electron chi connectivity index (χ3n) is 4.01. The molecule has 0 spiro atoms. The Kier molecular flexibility index (Phi) is 3.50. The molecule has 1 aromatic heterocycles. The van der Waals surface area contributed by atoms with Crippen molar-refractivity contribution in [3.63, 3.8) is 0 Å². The van der Waals surface area contributed by atoms with Gasteiger partial charge in [0.15, 0.2) is 11.6 Å². The molecule has 2 aliphatic heterocycles. The molecule has 3 rings (SSSR count). The van der Waals surface area contributed by atoms with E-state index in [0.29, 0.717) is 23.8 Å². The summed E-state index contributed by atoms with van der Waals surface area (Å²) in [5.41, 5.74) is 0. The third-order valence-corrected chi connectivity index (χ3v) is 4.01. The van der Waals surface area contributed by atoms with E-state index in [2.05, 4.69) is 25.5 Å². The molecule has 2 N–H and O–H groups in total. The highest BCUT2D eigenvalue weighted by Gasteiger charge is 2.37. The van der Waals surface area contributed by atoms with E-state index < -0.39 is 0 Å². The summed E-state index contributed by atoms with van der Waals surface area (Å²) in [6.45, 7) is 4.98. The molecule has 2 fully saturated rings. The zero-order chi connectivity index (χ0) is 13.2. The summed E-state index contributed by atoms with van der Waals surface area (Å²) < 4.78 is 13.8. The highest BCUT2D eigenvalue weighted by molar-refractivity contribution is 5.42. The number of halogens is 1. The molecule has 0 aromatic carbocycles. The molecular weight excluding hydrogens is 245 g/mol. The maximum Gasteiger partial charge on any atom is 0.224 e. The normalized spacial score (nSPS) is 26.4. The van der Waals surface area contributed by atoms with Crippen molar-refractivity contribution in [2.75, 3.05) is 30.3 Å². The fraction of sp³-hybridized carbons (Fsp3) is 0.692. The van der Waals surface area contributed by atoms with Gasteiger partial charge in [-0.1, -0.05) is 0 Å². The number of nitrogens with one attached hydrogen (secondary N) is 2. The quantitative estimate of drug-likeness (QED) is 0.868. The fourth-order valence-electron chi connectivity index (χ4n) is 3.14. The summed E-state index contributed by atoms with van der Waals surface area (Å²) in [4.78, 5) is 10.6. The van der Waals surface area contributed by atoms with E-state index in [1.807, 2.05) is 6.92 Å². The molecule has 2 aliphatic rings. The average Bonchev–Trinajstić information content (AvgIpc) is 2.98. The second kappa shape index (κ2) is 5.28. The average molecular weight is 265 g/mol. The van der Waals surface area contributed by atoms with Crippen LogP contribution in [-0.2, 0) is 0 Å². The SMILES string of the molecule is CCNc1ncc(F)c(NC2CCN3CCCC23)n1. The molecule has 5 nitrogen and oxygen atoms in total. The van der Waals surface area contributed by atoms with E-state index in [1.165, 1.54) is 25.6 Å². The van der Waals surface area contributed by atoms with E-state index in [0.717, 1.165) is 19.5 Å². The minimum Gasteiger partial charge on any atom is -0.363 e. The monoisotopic (exact) mass is 265 g/mol. The third kappa shape index (κ3) is 2.49. The van der Waals surface area contributed by atoms with E-state index >= 15 is 0 Å². The van der Waals surface area contributed by atoms with Crippen LogP contribution in [0.15, 0.2) is 6.20 Å². The summed E-state index contributed by atoms with van der Waals surface area (Å²) in [5, 5.41) is 6.28. The zero-order valence-electron chi connectivity index (χ0n) is 11.2. The predicted molar refractivity (Wildman–Crippen MR) is 72.8 cm³/mol. The van der Waals surface area contributed by atoms with Crippen LogP contribution in [0, 0.1) is 5.82 Å². The van der Waals surface area contributed by atoms with Crippen molar-refractivity contribution < 1.29 is 4.39 Å². The van der Waals surface area contributed by atoms with Crippen LogP contribution in [0.25, 0.3) is 0 Å². The standard InChI is InChI=1S/C13H20FN5/c1-2-15-13-16-8-9(14)12(18-13)17-10-5-7-19-6-3-4-11(10)19/h8,10-11H,2-7H2,1H3,(H2,15,16,17,18). The van der Waals surface area contributed by atoms with E-state index in [4.69, 9.17) is 0 Å². The lowest BCUT2D eigenvalue weighted by Crippen LogP contribution is -2.34. The number of hydrogen-bond donors (Lipinski definition) is 2. The lowest BCUT2D eigenvalue weighted by atomic mass is 10.1. The van der Waals surface area contributed by atoms with Gasteiger partial charge in [0.25, 0.3) is 0 Å². The Morgan fingerprint density at radius 2 is 2.32 bits per heavy atom. The van der Waals surface area contributed by atoms with Gasteiger partial charge in [-0.05, 0) is 32.7 Å². The first kappa shape index (κ1) is 12.6. The number of fused-ring (bicyclic) bond motifs is 1. The van der Waals surface area contributed by atoms with Gasteiger partial charge in [-0.3, -0.25) is 4.90 Å². The van der Waals surface area contributed by atoms with Gasteiger partial charge in [-0.2, -0.15) is 4.98 Å². The van der Waals surface area contributed by atoms with Crippen LogP contribution in [0.1, 0.15) is 26.2 Å². The Morgan fingerprint density at radius 1 is 1.42 bits per heavy atom. The van der Waals surface area contributed by atoms with Crippen LogP contribution in [0.3, 0.4) is 0 Å². The predicted octanol–water partition coefficient (Wildman–Crippen LogP) is 1.70. The van der Waals surface area contributed by atoms with Crippen LogP contribution in [0.4, 0.5) is 16.2 Å². The number of anilines is 2. The Balaban J connectivity index is 1.73. The van der Waals surface area contributed by atoms with Crippen molar-refractivity contribution in [2.45, 2.75) is 38.3 Å². The Hall–Kier alpha value is -1.43. The van der Waals surface area contributed by atoms with Gasteiger partial charge < -0.3 is 10.6 Å². The van der Waals surface area contributed by atoms with E-state index in [1.54, 1.807) is 0 Å². The molecule has 2 saturated heterocycles. The minimum atomic E-state index is -0.377. The summed E-state index contributed by atoms with van der Waals surface area (Å²) in [5.74, 6) is 0.426. The van der Waals surface area contributed by atoms with Crippen molar-refractivity contribution in [3.05, 3.63) is 12.0 Å². The van der Waals surface area contributed by atoms with Gasteiger partial charge in [0.1, 0.15) is 0 Å². The zero-order valence-corrected chi connectivity index (χ0v) is 11.2. The van der Waals surface area contributed by atoms with Gasteiger partial charge in [0.2, 0.25) is 5.95 Å².